The molecule has 1 saturated heterocycles. The Morgan fingerprint density at radius 2 is 1.82 bits per heavy atom. The molecule has 1 N–H and O–H groups in total. The Morgan fingerprint density at radius 1 is 1.07 bits per heavy atom. The molecule has 0 amide bonds. The number of nitrogens with one attached hydrogen (secondary N) is 1. The van der Waals surface area contributed by atoms with E-state index in [0.717, 1.165) is 23.6 Å². The highest BCUT2D eigenvalue weighted by Crippen LogP contribution is 2.36. The predicted octanol–water partition coefficient (Wildman–Crippen LogP) is 6.23. The van der Waals surface area contributed by atoms with Gasteiger partial charge in [-0.1, -0.05) is 25.1 Å². The van der Waals surface area contributed by atoms with Crippen molar-refractivity contribution in [3.05, 3.63) is 65.6 Å². The lowest BCUT2D eigenvalue weighted by Crippen LogP contribution is -2.34. The van der Waals surface area contributed by atoms with Gasteiger partial charge in [0.25, 0.3) is 0 Å². The molecule has 0 bridgehead atoms. The number of aromatic amines is 1. The molecule has 0 aliphatic carbocycles. The van der Waals surface area contributed by atoms with Gasteiger partial charge in [0.2, 0.25) is 0 Å². The highest BCUT2D eigenvalue weighted by molar-refractivity contribution is 7.99. The van der Waals surface area contributed by atoms with Crippen LogP contribution >= 0.6 is 11.8 Å². The summed E-state index contributed by atoms with van der Waals surface area (Å²) < 4.78 is 13.0. The summed E-state index contributed by atoms with van der Waals surface area (Å²) in [5.41, 5.74) is 4.29. The molecule has 0 saturated carbocycles. The van der Waals surface area contributed by atoms with Crippen molar-refractivity contribution < 1.29 is 4.39 Å². The van der Waals surface area contributed by atoms with Crippen molar-refractivity contribution in [2.45, 2.75) is 43.4 Å². The second-order valence-electron chi connectivity index (χ2n) is 7.69. The van der Waals surface area contributed by atoms with E-state index in [2.05, 4.69) is 41.1 Å². The van der Waals surface area contributed by atoms with E-state index in [1.807, 2.05) is 23.9 Å². The van der Waals surface area contributed by atoms with Crippen LogP contribution in [0.4, 0.5) is 4.39 Å². The van der Waals surface area contributed by atoms with Gasteiger partial charge in [-0.25, -0.2) is 4.39 Å². The normalized spacial score (nSPS) is 16.1. The fraction of sp³-hybridized carbons (Fsp3) is 0.417. The molecule has 0 radical (unpaired) electrons. The summed E-state index contributed by atoms with van der Waals surface area (Å²) in [6.07, 6.45) is 4.75. The molecule has 0 unspecified atom stereocenters. The number of aromatic nitrogens is 1. The van der Waals surface area contributed by atoms with Crippen molar-refractivity contribution >= 4 is 22.7 Å². The van der Waals surface area contributed by atoms with E-state index in [0.29, 0.717) is 5.92 Å². The van der Waals surface area contributed by atoms with Gasteiger partial charge in [0.1, 0.15) is 5.82 Å². The maximum atomic E-state index is 13.0. The quantitative estimate of drug-likeness (QED) is 0.377. The Morgan fingerprint density at radius 3 is 2.57 bits per heavy atom. The molecule has 4 rings (SSSR count). The lowest BCUT2D eigenvalue weighted by atomic mass is 9.87. The molecule has 0 atom stereocenters. The summed E-state index contributed by atoms with van der Waals surface area (Å²) >= 11 is 1.83. The van der Waals surface area contributed by atoms with Crippen molar-refractivity contribution in [2.75, 3.05) is 25.4 Å². The van der Waals surface area contributed by atoms with Crippen LogP contribution in [0.25, 0.3) is 10.9 Å². The highest BCUT2D eigenvalue weighted by atomic mass is 32.2. The molecular weight excluding hydrogens is 367 g/mol. The number of hydrogen-bond donors (Lipinski definition) is 1. The number of thioether (sulfide) groups is 1. The van der Waals surface area contributed by atoms with Gasteiger partial charge in [0.05, 0.1) is 0 Å². The van der Waals surface area contributed by atoms with Gasteiger partial charge in [-0.2, -0.15) is 0 Å². The number of likely N-dealkylation sites (tertiary alicyclic amines) is 1. The molecule has 2 nitrogen and oxygen atoms in total. The molecular formula is C24H29FN2S. The highest BCUT2D eigenvalue weighted by Gasteiger charge is 2.24. The summed E-state index contributed by atoms with van der Waals surface area (Å²) in [6.45, 7) is 5.79. The van der Waals surface area contributed by atoms with Gasteiger partial charge in [-0.3, -0.25) is 0 Å². The van der Waals surface area contributed by atoms with Crippen molar-refractivity contribution in [1.29, 1.82) is 0 Å². The summed E-state index contributed by atoms with van der Waals surface area (Å²) in [6, 6.07) is 15.6. The number of rotatable bonds is 7. The fourth-order valence-corrected chi connectivity index (χ4v) is 5.26. The minimum Gasteiger partial charge on any atom is -0.358 e. The maximum Gasteiger partial charge on any atom is 0.123 e. The average molecular weight is 397 g/mol. The van der Waals surface area contributed by atoms with Gasteiger partial charge >= 0.3 is 0 Å². The standard InChI is InChI=1S/C24H29FN2S/c1-2-22-24(21-6-3-4-7-23(21)26-22)18-12-15-27(16-13-18)14-5-17-28-20-10-8-19(25)9-11-20/h3-4,6-11,18,26H,2,5,12-17H2,1H3. The minimum atomic E-state index is -0.159. The van der Waals surface area contributed by atoms with Crippen LogP contribution in [0.3, 0.4) is 0 Å². The lowest BCUT2D eigenvalue weighted by molar-refractivity contribution is 0.213. The van der Waals surface area contributed by atoms with Gasteiger partial charge < -0.3 is 9.88 Å². The summed E-state index contributed by atoms with van der Waals surface area (Å²) in [7, 11) is 0. The van der Waals surface area contributed by atoms with Crippen LogP contribution < -0.4 is 0 Å². The first-order valence-corrected chi connectivity index (χ1v) is 11.4. The average Bonchev–Trinajstić information content (AvgIpc) is 3.12. The van der Waals surface area contributed by atoms with Gasteiger partial charge in [0, 0.05) is 21.5 Å². The van der Waals surface area contributed by atoms with Crippen molar-refractivity contribution in [3.8, 4) is 0 Å². The van der Waals surface area contributed by atoms with Crippen LogP contribution in [-0.2, 0) is 6.42 Å². The predicted molar refractivity (Wildman–Crippen MR) is 118 cm³/mol. The number of piperidine rings is 1. The van der Waals surface area contributed by atoms with E-state index in [-0.39, 0.29) is 5.82 Å². The largest absolute Gasteiger partial charge is 0.358 e. The minimum absolute atomic E-state index is 0.159. The van der Waals surface area contributed by atoms with E-state index in [1.54, 1.807) is 17.7 Å². The lowest BCUT2D eigenvalue weighted by Gasteiger charge is -2.32. The zero-order chi connectivity index (χ0) is 19.3. The van der Waals surface area contributed by atoms with Crippen molar-refractivity contribution in [3.63, 3.8) is 0 Å². The van der Waals surface area contributed by atoms with Crippen LogP contribution in [0, 0.1) is 5.82 Å². The third kappa shape index (κ3) is 4.44. The summed E-state index contributed by atoms with van der Waals surface area (Å²) in [5.74, 6) is 1.61. The SMILES string of the molecule is CCc1[nH]c2ccccc2c1C1CCN(CCCSc2ccc(F)cc2)CC1. The second kappa shape index (κ2) is 9.15. The summed E-state index contributed by atoms with van der Waals surface area (Å²) in [4.78, 5) is 7.42. The van der Waals surface area contributed by atoms with Crippen LogP contribution in [0.2, 0.25) is 0 Å². The Kier molecular flexibility index (Phi) is 6.38. The van der Waals surface area contributed by atoms with Crippen LogP contribution in [0.1, 0.15) is 43.4 Å². The monoisotopic (exact) mass is 396 g/mol. The van der Waals surface area contributed by atoms with Gasteiger partial charge in [-0.05, 0) is 92.9 Å². The Bertz CT molecular complexity index is 895. The number of hydrogen-bond acceptors (Lipinski definition) is 2. The van der Waals surface area contributed by atoms with E-state index < -0.39 is 0 Å². The molecule has 1 aliphatic rings. The van der Waals surface area contributed by atoms with E-state index in [9.17, 15) is 4.39 Å². The second-order valence-corrected chi connectivity index (χ2v) is 8.86. The number of benzene rings is 2. The number of halogens is 1. The first-order valence-electron chi connectivity index (χ1n) is 10.4. The Labute approximate surface area is 171 Å². The van der Waals surface area contributed by atoms with Crippen molar-refractivity contribution in [1.82, 2.24) is 9.88 Å². The number of H-pyrrole nitrogens is 1. The number of nitrogens with zero attached hydrogens (tertiary/aromatic N) is 1. The first-order chi connectivity index (χ1) is 13.7. The van der Waals surface area contributed by atoms with Crippen LogP contribution in [-0.4, -0.2) is 35.3 Å². The zero-order valence-electron chi connectivity index (χ0n) is 16.6. The first kappa shape index (κ1) is 19.5. The third-order valence-corrected chi connectivity index (χ3v) is 6.98. The Hall–Kier alpha value is -1.78. The Balaban J connectivity index is 1.27. The fourth-order valence-electron chi connectivity index (χ4n) is 4.42. The van der Waals surface area contributed by atoms with Crippen LogP contribution in [0.5, 0.6) is 0 Å². The molecule has 3 aromatic rings. The molecule has 1 fully saturated rings. The molecule has 1 aromatic heterocycles. The number of fused-ring (bicyclic) bond motifs is 1. The van der Waals surface area contributed by atoms with Crippen molar-refractivity contribution in [2.24, 2.45) is 0 Å². The zero-order valence-corrected chi connectivity index (χ0v) is 17.4. The van der Waals surface area contributed by atoms with Crippen LogP contribution in [0.15, 0.2) is 53.4 Å². The number of para-hydroxylation sites is 1. The van der Waals surface area contributed by atoms with E-state index in [1.165, 1.54) is 48.9 Å². The maximum absolute atomic E-state index is 13.0. The molecule has 0 spiro atoms. The summed E-state index contributed by atoms with van der Waals surface area (Å²) in [5, 5.41) is 1.42. The molecule has 148 valence electrons. The molecule has 2 heterocycles. The third-order valence-electron chi connectivity index (χ3n) is 5.88. The topological polar surface area (TPSA) is 19.0 Å². The van der Waals surface area contributed by atoms with Gasteiger partial charge in [0.15, 0.2) is 0 Å². The smallest absolute Gasteiger partial charge is 0.123 e. The molecule has 28 heavy (non-hydrogen) atoms. The van der Waals surface area contributed by atoms with Gasteiger partial charge in [-0.15, -0.1) is 11.8 Å². The molecule has 4 heteroatoms. The molecule has 2 aromatic carbocycles. The number of aryl methyl sites for hydroxylation is 1. The molecule has 1 aliphatic heterocycles. The van der Waals surface area contributed by atoms with E-state index >= 15 is 0 Å². The van der Waals surface area contributed by atoms with E-state index in [4.69, 9.17) is 0 Å².